The molecule has 0 aliphatic heterocycles. The summed E-state index contributed by atoms with van der Waals surface area (Å²) in [5.74, 6) is -0.344. The molecule has 0 spiro atoms. The van der Waals surface area contributed by atoms with Crippen molar-refractivity contribution in [1.29, 1.82) is 0 Å². The lowest BCUT2D eigenvalue weighted by molar-refractivity contribution is -0.113. The first-order chi connectivity index (χ1) is 10.6. The number of anilines is 1. The fourth-order valence-electron chi connectivity index (χ4n) is 2.02. The fourth-order valence-corrected chi connectivity index (χ4v) is 2.02. The van der Waals surface area contributed by atoms with Gasteiger partial charge >= 0.3 is 0 Å². The first-order valence-electron chi connectivity index (χ1n) is 7.13. The van der Waals surface area contributed by atoms with Gasteiger partial charge < -0.3 is 4.90 Å². The number of allylic oxidation sites excluding steroid dienone is 1. The molecule has 112 valence electrons. The van der Waals surface area contributed by atoms with E-state index in [9.17, 15) is 9.59 Å². The SMILES string of the molecule is CN(C)c1ccc(C=CC(=O)CC(=O)c2ccccc2)cc1. The van der Waals surface area contributed by atoms with E-state index in [0.29, 0.717) is 5.56 Å². The minimum atomic E-state index is -0.189. The average Bonchev–Trinajstić information content (AvgIpc) is 2.54. The van der Waals surface area contributed by atoms with Gasteiger partial charge in [-0.25, -0.2) is 0 Å². The van der Waals surface area contributed by atoms with Crippen LogP contribution in [0.25, 0.3) is 6.08 Å². The minimum absolute atomic E-state index is 0.101. The molecule has 2 aromatic carbocycles. The molecule has 0 saturated heterocycles. The summed E-state index contributed by atoms with van der Waals surface area (Å²) in [6, 6.07) is 16.7. The zero-order valence-electron chi connectivity index (χ0n) is 12.8. The molecule has 3 heteroatoms. The number of carbonyl (C=O) groups is 2. The van der Waals surface area contributed by atoms with Crippen molar-refractivity contribution in [2.75, 3.05) is 19.0 Å². The molecule has 2 rings (SSSR count). The second-order valence-electron chi connectivity index (χ2n) is 5.25. The Bertz CT molecular complexity index is 670. The van der Waals surface area contributed by atoms with Crippen molar-refractivity contribution in [3.63, 3.8) is 0 Å². The number of nitrogens with zero attached hydrogens (tertiary/aromatic N) is 1. The summed E-state index contributed by atoms with van der Waals surface area (Å²) in [6.45, 7) is 0. The lowest BCUT2D eigenvalue weighted by Gasteiger charge is -2.11. The number of benzene rings is 2. The van der Waals surface area contributed by atoms with E-state index in [0.717, 1.165) is 11.3 Å². The minimum Gasteiger partial charge on any atom is -0.378 e. The van der Waals surface area contributed by atoms with Gasteiger partial charge in [-0.05, 0) is 23.8 Å². The van der Waals surface area contributed by atoms with Gasteiger partial charge in [-0.3, -0.25) is 9.59 Å². The van der Waals surface area contributed by atoms with Crippen molar-refractivity contribution in [1.82, 2.24) is 0 Å². The highest BCUT2D eigenvalue weighted by Gasteiger charge is 2.08. The first-order valence-corrected chi connectivity index (χ1v) is 7.13. The molecule has 0 aromatic heterocycles. The van der Waals surface area contributed by atoms with Crippen LogP contribution in [-0.4, -0.2) is 25.7 Å². The summed E-state index contributed by atoms with van der Waals surface area (Å²) in [4.78, 5) is 25.8. The summed E-state index contributed by atoms with van der Waals surface area (Å²) < 4.78 is 0. The van der Waals surface area contributed by atoms with Gasteiger partial charge in [-0.1, -0.05) is 48.5 Å². The molecule has 0 aliphatic carbocycles. The van der Waals surface area contributed by atoms with E-state index in [1.54, 1.807) is 30.3 Å². The van der Waals surface area contributed by atoms with Crippen molar-refractivity contribution < 1.29 is 9.59 Å². The molecule has 0 bridgehead atoms. The molecule has 0 radical (unpaired) electrons. The van der Waals surface area contributed by atoms with Crippen LogP contribution in [0.5, 0.6) is 0 Å². The predicted molar refractivity (Wildman–Crippen MR) is 90.2 cm³/mol. The van der Waals surface area contributed by atoms with Gasteiger partial charge in [0.1, 0.15) is 0 Å². The Morgan fingerprint density at radius 2 is 1.59 bits per heavy atom. The van der Waals surface area contributed by atoms with Gasteiger partial charge in [0.05, 0.1) is 6.42 Å². The Morgan fingerprint density at radius 1 is 0.955 bits per heavy atom. The van der Waals surface area contributed by atoms with Gasteiger partial charge in [-0.2, -0.15) is 0 Å². The maximum absolute atomic E-state index is 11.9. The van der Waals surface area contributed by atoms with Gasteiger partial charge in [0, 0.05) is 25.3 Å². The monoisotopic (exact) mass is 293 g/mol. The van der Waals surface area contributed by atoms with Crippen LogP contribution in [0.1, 0.15) is 22.3 Å². The summed E-state index contributed by atoms with van der Waals surface area (Å²) in [6.07, 6.45) is 3.10. The topological polar surface area (TPSA) is 37.4 Å². The highest BCUT2D eigenvalue weighted by atomic mass is 16.1. The maximum atomic E-state index is 11.9. The molecule has 0 saturated carbocycles. The van der Waals surface area contributed by atoms with E-state index in [1.165, 1.54) is 6.08 Å². The zero-order chi connectivity index (χ0) is 15.9. The van der Waals surface area contributed by atoms with Crippen molar-refractivity contribution in [2.24, 2.45) is 0 Å². The number of Topliss-reactive ketones (excluding diaryl/α,β-unsaturated/α-hetero) is 1. The third-order valence-corrected chi connectivity index (χ3v) is 3.30. The van der Waals surface area contributed by atoms with Crippen LogP contribution in [0.3, 0.4) is 0 Å². The molecule has 0 N–H and O–H groups in total. The first kappa shape index (κ1) is 15.7. The molecule has 2 aromatic rings. The molecule has 0 unspecified atom stereocenters. The molecule has 3 nitrogen and oxygen atoms in total. The molecule has 22 heavy (non-hydrogen) atoms. The lowest BCUT2D eigenvalue weighted by Crippen LogP contribution is -2.08. The smallest absolute Gasteiger partial charge is 0.170 e. The van der Waals surface area contributed by atoms with Gasteiger partial charge in [0.15, 0.2) is 11.6 Å². The summed E-state index contributed by atoms with van der Waals surface area (Å²) in [5.41, 5.74) is 2.61. The molecule has 0 amide bonds. The Morgan fingerprint density at radius 3 is 2.18 bits per heavy atom. The third kappa shape index (κ3) is 4.42. The zero-order valence-corrected chi connectivity index (χ0v) is 12.8. The van der Waals surface area contributed by atoms with Gasteiger partial charge in [0.2, 0.25) is 0 Å². The summed E-state index contributed by atoms with van der Waals surface area (Å²) in [7, 11) is 3.95. The van der Waals surface area contributed by atoms with Crippen molar-refractivity contribution in [2.45, 2.75) is 6.42 Å². The lowest BCUT2D eigenvalue weighted by atomic mass is 10.1. The third-order valence-electron chi connectivity index (χ3n) is 3.30. The molecular weight excluding hydrogens is 274 g/mol. The molecule has 0 atom stereocenters. The van der Waals surface area contributed by atoms with E-state index in [4.69, 9.17) is 0 Å². The van der Waals surface area contributed by atoms with E-state index in [-0.39, 0.29) is 18.0 Å². The van der Waals surface area contributed by atoms with E-state index < -0.39 is 0 Å². The predicted octanol–water partition coefficient (Wildman–Crippen LogP) is 3.61. The van der Waals surface area contributed by atoms with Gasteiger partial charge in [-0.15, -0.1) is 0 Å². The number of rotatable bonds is 6. The second-order valence-corrected chi connectivity index (χ2v) is 5.25. The van der Waals surface area contributed by atoms with Crippen LogP contribution in [0, 0.1) is 0 Å². The number of hydrogen-bond donors (Lipinski definition) is 0. The molecule has 0 heterocycles. The van der Waals surface area contributed by atoms with E-state index in [1.807, 2.05) is 49.3 Å². The molecule has 0 fully saturated rings. The Hall–Kier alpha value is -2.68. The van der Waals surface area contributed by atoms with Crippen LogP contribution in [0.2, 0.25) is 0 Å². The Balaban J connectivity index is 1.95. The summed E-state index contributed by atoms with van der Waals surface area (Å²) in [5, 5.41) is 0. The maximum Gasteiger partial charge on any atom is 0.170 e. The largest absolute Gasteiger partial charge is 0.378 e. The van der Waals surface area contributed by atoms with Crippen molar-refractivity contribution in [3.8, 4) is 0 Å². The highest BCUT2D eigenvalue weighted by molar-refractivity contribution is 6.12. The van der Waals surface area contributed by atoms with Crippen molar-refractivity contribution in [3.05, 3.63) is 71.8 Å². The summed E-state index contributed by atoms with van der Waals surface area (Å²) >= 11 is 0. The van der Waals surface area contributed by atoms with Crippen LogP contribution in [-0.2, 0) is 4.79 Å². The molecule has 0 aliphatic rings. The number of ketones is 2. The second kappa shape index (κ2) is 7.36. The van der Waals surface area contributed by atoms with Crippen molar-refractivity contribution >= 4 is 23.3 Å². The highest BCUT2D eigenvalue weighted by Crippen LogP contribution is 2.13. The van der Waals surface area contributed by atoms with E-state index in [2.05, 4.69) is 0 Å². The normalized spacial score (nSPS) is 10.6. The van der Waals surface area contributed by atoms with Crippen LogP contribution >= 0.6 is 0 Å². The fraction of sp³-hybridized carbons (Fsp3) is 0.158. The van der Waals surface area contributed by atoms with Crippen LogP contribution in [0.4, 0.5) is 5.69 Å². The average molecular weight is 293 g/mol. The van der Waals surface area contributed by atoms with E-state index >= 15 is 0 Å². The van der Waals surface area contributed by atoms with Gasteiger partial charge in [0.25, 0.3) is 0 Å². The number of hydrogen-bond acceptors (Lipinski definition) is 3. The number of carbonyl (C=O) groups excluding carboxylic acids is 2. The quantitative estimate of drug-likeness (QED) is 0.464. The van der Waals surface area contributed by atoms with Crippen LogP contribution < -0.4 is 4.90 Å². The standard InChI is InChI=1S/C19H19NO2/c1-20(2)17-11-8-15(9-12-17)10-13-18(21)14-19(22)16-6-4-3-5-7-16/h3-13H,14H2,1-2H3. The Labute approximate surface area is 130 Å². The molecular formula is C19H19NO2. The van der Waals surface area contributed by atoms with Crippen LogP contribution in [0.15, 0.2) is 60.7 Å². The Kier molecular flexibility index (Phi) is 5.26.